The first-order chi connectivity index (χ1) is 10.3. The number of nitrogens with zero attached hydrogens (tertiary/aromatic N) is 2. The Labute approximate surface area is 127 Å². The van der Waals surface area contributed by atoms with E-state index in [1.54, 1.807) is 0 Å². The molecule has 8 nitrogen and oxygen atoms in total. The second-order valence-corrected chi connectivity index (χ2v) is 5.82. The van der Waals surface area contributed by atoms with E-state index in [4.69, 9.17) is 0 Å². The van der Waals surface area contributed by atoms with Gasteiger partial charge in [0.05, 0.1) is 18.6 Å². The van der Waals surface area contributed by atoms with Crippen LogP contribution in [0.15, 0.2) is 54.1 Å². The van der Waals surface area contributed by atoms with E-state index in [-0.39, 0.29) is 6.54 Å². The molecule has 0 unspecified atom stereocenters. The third kappa shape index (κ3) is 3.31. The standard InChI is InChI=1S/C13H14N2O6S/c1-4-9-14(10(2)13(16)21-3)22(19,20)12-8-6-5-7-11(12)15(17)18/h4-8H,1-2,9H2,3H3. The molecule has 0 saturated heterocycles. The van der Waals surface area contributed by atoms with Crippen molar-refractivity contribution in [3.8, 4) is 0 Å². The van der Waals surface area contributed by atoms with Crippen LogP contribution in [0.1, 0.15) is 0 Å². The molecule has 0 aromatic heterocycles. The van der Waals surface area contributed by atoms with Crippen LogP contribution < -0.4 is 0 Å². The van der Waals surface area contributed by atoms with E-state index in [9.17, 15) is 23.3 Å². The number of carbonyl (C=O) groups excluding carboxylic acids is 1. The summed E-state index contributed by atoms with van der Waals surface area (Å²) in [4.78, 5) is 21.2. The summed E-state index contributed by atoms with van der Waals surface area (Å²) >= 11 is 0. The molecule has 0 radical (unpaired) electrons. The molecule has 0 aliphatic heterocycles. The molecule has 9 heteroatoms. The molecule has 0 fully saturated rings. The molecule has 0 aliphatic carbocycles. The molecule has 0 aliphatic rings. The number of carbonyl (C=O) groups is 1. The molecule has 1 aromatic rings. The quantitative estimate of drug-likeness (QED) is 0.247. The van der Waals surface area contributed by atoms with Gasteiger partial charge < -0.3 is 4.74 Å². The first kappa shape index (κ1) is 17.4. The van der Waals surface area contributed by atoms with Crippen LogP contribution >= 0.6 is 0 Å². The van der Waals surface area contributed by atoms with Crippen LogP contribution in [0.3, 0.4) is 0 Å². The molecule has 0 spiro atoms. The highest BCUT2D eigenvalue weighted by atomic mass is 32.2. The van der Waals surface area contributed by atoms with Crippen molar-refractivity contribution in [2.24, 2.45) is 0 Å². The summed E-state index contributed by atoms with van der Waals surface area (Å²) < 4.78 is 30.3. The number of ether oxygens (including phenoxy) is 1. The Morgan fingerprint density at radius 3 is 2.55 bits per heavy atom. The SMILES string of the molecule is C=CCN(C(=C)C(=O)OC)S(=O)(=O)c1ccccc1[N+](=O)[O-]. The minimum Gasteiger partial charge on any atom is -0.464 e. The Bertz CT molecular complexity index is 726. The van der Waals surface area contributed by atoms with Crippen LogP contribution in [0, 0.1) is 10.1 Å². The summed E-state index contributed by atoms with van der Waals surface area (Å²) in [7, 11) is -3.31. The Balaban J connectivity index is 3.47. The van der Waals surface area contributed by atoms with Crippen LogP contribution in [0.4, 0.5) is 5.69 Å². The predicted molar refractivity (Wildman–Crippen MR) is 78.3 cm³/mol. The Hall–Kier alpha value is -2.68. The van der Waals surface area contributed by atoms with Crippen LogP contribution in [-0.4, -0.2) is 37.3 Å². The van der Waals surface area contributed by atoms with Gasteiger partial charge in [0.25, 0.3) is 15.7 Å². The van der Waals surface area contributed by atoms with Crippen LogP contribution in [0.5, 0.6) is 0 Å². The number of sulfonamides is 1. The van der Waals surface area contributed by atoms with Gasteiger partial charge in [-0.1, -0.05) is 24.8 Å². The summed E-state index contributed by atoms with van der Waals surface area (Å²) in [5.74, 6) is -0.969. The molecule has 0 saturated carbocycles. The minimum atomic E-state index is -4.37. The molecule has 118 valence electrons. The second kappa shape index (κ2) is 6.85. The van der Waals surface area contributed by atoms with Gasteiger partial charge in [0.2, 0.25) is 0 Å². The highest BCUT2D eigenvalue weighted by Gasteiger charge is 2.33. The van der Waals surface area contributed by atoms with Gasteiger partial charge in [-0.05, 0) is 6.07 Å². The second-order valence-electron chi connectivity index (χ2n) is 3.99. The van der Waals surface area contributed by atoms with Gasteiger partial charge in [0.15, 0.2) is 4.90 Å². The number of methoxy groups -OCH3 is 1. The van der Waals surface area contributed by atoms with E-state index in [0.717, 1.165) is 19.2 Å². The van der Waals surface area contributed by atoms with E-state index < -0.39 is 37.2 Å². The van der Waals surface area contributed by atoms with Gasteiger partial charge in [-0.15, -0.1) is 6.58 Å². The van der Waals surface area contributed by atoms with Crippen molar-refractivity contribution in [3.05, 3.63) is 59.3 Å². The van der Waals surface area contributed by atoms with E-state index in [0.29, 0.717) is 4.31 Å². The zero-order chi connectivity index (χ0) is 16.9. The van der Waals surface area contributed by atoms with Gasteiger partial charge in [-0.2, -0.15) is 0 Å². The molecule has 0 atom stereocenters. The first-order valence-electron chi connectivity index (χ1n) is 5.91. The fraction of sp³-hybridized carbons (Fsp3) is 0.154. The van der Waals surface area contributed by atoms with Crippen molar-refractivity contribution < 1.29 is 22.9 Å². The zero-order valence-electron chi connectivity index (χ0n) is 11.8. The molecule has 0 N–H and O–H groups in total. The summed E-state index contributed by atoms with van der Waals surface area (Å²) in [5, 5.41) is 11.0. The average molecular weight is 326 g/mol. The molecular weight excluding hydrogens is 312 g/mol. The Morgan fingerprint density at radius 1 is 1.45 bits per heavy atom. The first-order valence-corrected chi connectivity index (χ1v) is 7.35. The molecule has 1 aromatic carbocycles. The maximum Gasteiger partial charge on any atom is 0.354 e. The van der Waals surface area contributed by atoms with Crippen molar-refractivity contribution in [2.45, 2.75) is 4.90 Å². The summed E-state index contributed by atoms with van der Waals surface area (Å²) in [5.41, 5.74) is -1.07. The number of esters is 1. The summed E-state index contributed by atoms with van der Waals surface area (Å²) in [6.07, 6.45) is 1.22. The lowest BCUT2D eigenvalue weighted by Crippen LogP contribution is -2.34. The molecular formula is C13H14N2O6S. The number of benzene rings is 1. The smallest absolute Gasteiger partial charge is 0.354 e. The van der Waals surface area contributed by atoms with Crippen molar-refractivity contribution in [1.29, 1.82) is 0 Å². The summed E-state index contributed by atoms with van der Waals surface area (Å²) in [6, 6.07) is 4.81. The molecule has 0 bridgehead atoms. The number of hydrogen-bond donors (Lipinski definition) is 0. The van der Waals surface area contributed by atoms with Crippen molar-refractivity contribution in [1.82, 2.24) is 4.31 Å². The highest BCUT2D eigenvalue weighted by molar-refractivity contribution is 7.89. The lowest BCUT2D eigenvalue weighted by atomic mass is 10.3. The van der Waals surface area contributed by atoms with Crippen molar-refractivity contribution in [3.63, 3.8) is 0 Å². The largest absolute Gasteiger partial charge is 0.464 e. The van der Waals surface area contributed by atoms with E-state index in [2.05, 4.69) is 17.9 Å². The number of nitro groups is 1. The molecule has 1 rings (SSSR count). The van der Waals surface area contributed by atoms with E-state index >= 15 is 0 Å². The third-order valence-electron chi connectivity index (χ3n) is 2.65. The van der Waals surface area contributed by atoms with Gasteiger partial charge in [0, 0.05) is 6.07 Å². The summed E-state index contributed by atoms with van der Waals surface area (Å²) in [6.45, 7) is 6.48. The monoisotopic (exact) mass is 326 g/mol. The number of para-hydroxylation sites is 1. The number of nitro benzene ring substituents is 1. The van der Waals surface area contributed by atoms with Crippen LogP contribution in [0.2, 0.25) is 0 Å². The third-order valence-corrected chi connectivity index (χ3v) is 4.50. The van der Waals surface area contributed by atoms with Crippen molar-refractivity contribution in [2.75, 3.05) is 13.7 Å². The number of rotatable bonds is 7. The maximum absolute atomic E-state index is 12.6. The topological polar surface area (TPSA) is 107 Å². The minimum absolute atomic E-state index is 0.289. The van der Waals surface area contributed by atoms with E-state index in [1.807, 2.05) is 0 Å². The van der Waals surface area contributed by atoms with E-state index in [1.165, 1.54) is 18.2 Å². The van der Waals surface area contributed by atoms with Crippen LogP contribution in [0.25, 0.3) is 0 Å². The Kier molecular flexibility index (Phi) is 5.41. The van der Waals surface area contributed by atoms with Crippen LogP contribution in [-0.2, 0) is 19.6 Å². The maximum atomic E-state index is 12.6. The fourth-order valence-corrected chi connectivity index (χ4v) is 3.20. The van der Waals surface area contributed by atoms with Gasteiger partial charge in [-0.25, -0.2) is 13.2 Å². The zero-order valence-corrected chi connectivity index (χ0v) is 12.6. The Morgan fingerprint density at radius 2 is 2.05 bits per heavy atom. The van der Waals surface area contributed by atoms with Crippen molar-refractivity contribution >= 4 is 21.7 Å². The number of hydrogen-bond acceptors (Lipinski definition) is 6. The predicted octanol–water partition coefficient (Wildman–Crippen LogP) is 1.46. The lowest BCUT2D eigenvalue weighted by Gasteiger charge is -2.23. The lowest BCUT2D eigenvalue weighted by molar-refractivity contribution is -0.387. The average Bonchev–Trinajstić information content (AvgIpc) is 2.50. The highest BCUT2D eigenvalue weighted by Crippen LogP contribution is 2.28. The molecule has 0 heterocycles. The van der Waals surface area contributed by atoms with Gasteiger partial charge in [0.1, 0.15) is 5.70 Å². The van der Waals surface area contributed by atoms with Gasteiger partial charge in [-0.3, -0.25) is 14.4 Å². The molecule has 0 amide bonds. The fourth-order valence-electron chi connectivity index (χ4n) is 1.64. The normalized spacial score (nSPS) is 10.6. The van der Waals surface area contributed by atoms with Gasteiger partial charge >= 0.3 is 5.97 Å². The molecule has 22 heavy (non-hydrogen) atoms.